The number of nitrogens with zero attached hydrogens (tertiary/aromatic N) is 4. The highest BCUT2D eigenvalue weighted by molar-refractivity contribution is 7.85. The Labute approximate surface area is 232 Å². The molecule has 202 valence electrons. The van der Waals surface area contributed by atoms with E-state index >= 15 is 0 Å². The quantitative estimate of drug-likeness (QED) is 0.279. The van der Waals surface area contributed by atoms with Crippen LogP contribution in [0.25, 0.3) is 38.8 Å². The molecule has 0 spiro atoms. The summed E-state index contributed by atoms with van der Waals surface area (Å²) >= 11 is 0. The molecule has 0 amide bonds. The van der Waals surface area contributed by atoms with Crippen LogP contribution in [0.15, 0.2) is 107 Å². The number of aromatic nitrogens is 4. The van der Waals surface area contributed by atoms with Crippen LogP contribution in [0.1, 0.15) is 18.1 Å². The van der Waals surface area contributed by atoms with Gasteiger partial charge in [-0.25, -0.2) is 4.79 Å². The van der Waals surface area contributed by atoms with Gasteiger partial charge in [-0.15, -0.1) is 0 Å². The lowest BCUT2D eigenvalue weighted by Gasteiger charge is -2.11. The van der Waals surface area contributed by atoms with E-state index in [0.29, 0.717) is 0 Å². The molecule has 1 N–H and O–H groups in total. The van der Waals surface area contributed by atoms with E-state index in [9.17, 15) is 13.2 Å². The van der Waals surface area contributed by atoms with Crippen molar-refractivity contribution in [2.75, 3.05) is 0 Å². The third kappa shape index (κ3) is 5.16. The van der Waals surface area contributed by atoms with Crippen LogP contribution >= 0.6 is 0 Å². The van der Waals surface area contributed by atoms with Gasteiger partial charge in [-0.3, -0.25) is 23.7 Å². The Bertz CT molecular complexity index is 2000. The summed E-state index contributed by atoms with van der Waals surface area (Å²) in [6.07, 6.45) is 6.25. The number of pyridine rings is 2. The Balaban J connectivity index is 0.000000248. The lowest BCUT2D eigenvalue weighted by atomic mass is 10.0. The van der Waals surface area contributed by atoms with Crippen LogP contribution in [0.2, 0.25) is 0 Å². The number of benzene rings is 3. The highest BCUT2D eigenvalue weighted by Gasteiger charge is 2.18. The van der Waals surface area contributed by atoms with Crippen LogP contribution in [-0.4, -0.2) is 32.1 Å². The predicted molar refractivity (Wildman–Crippen MR) is 157 cm³/mol. The molecular formula is C31H28N4O4S. The van der Waals surface area contributed by atoms with E-state index in [4.69, 9.17) is 4.55 Å². The number of aryl methyl sites for hydroxylation is 3. The van der Waals surface area contributed by atoms with E-state index in [2.05, 4.69) is 29.0 Å². The van der Waals surface area contributed by atoms with E-state index in [1.54, 1.807) is 36.1 Å². The summed E-state index contributed by atoms with van der Waals surface area (Å²) < 4.78 is 33.0. The first kappa shape index (κ1) is 27.0. The molecule has 3 heterocycles. The van der Waals surface area contributed by atoms with Crippen molar-refractivity contribution in [1.82, 2.24) is 19.1 Å². The van der Waals surface area contributed by atoms with E-state index < -0.39 is 10.1 Å². The molecule has 0 fully saturated rings. The van der Waals surface area contributed by atoms with Crippen molar-refractivity contribution in [2.45, 2.75) is 25.2 Å². The van der Waals surface area contributed by atoms with Crippen LogP contribution < -0.4 is 5.69 Å². The molecule has 0 saturated carbocycles. The van der Waals surface area contributed by atoms with Gasteiger partial charge >= 0.3 is 5.69 Å². The van der Waals surface area contributed by atoms with Gasteiger partial charge in [-0.1, -0.05) is 55.0 Å². The lowest BCUT2D eigenvalue weighted by molar-refractivity contribution is 0.483. The second-order valence-electron chi connectivity index (χ2n) is 9.41. The number of hydrogen-bond acceptors (Lipinski definition) is 5. The summed E-state index contributed by atoms with van der Waals surface area (Å²) in [4.78, 5) is 22.0. The minimum absolute atomic E-state index is 0.0666. The van der Waals surface area contributed by atoms with Crippen molar-refractivity contribution in [2.24, 2.45) is 7.05 Å². The first-order valence-electron chi connectivity index (χ1n) is 12.7. The van der Waals surface area contributed by atoms with E-state index in [1.807, 2.05) is 60.2 Å². The van der Waals surface area contributed by atoms with Crippen LogP contribution in [0.5, 0.6) is 0 Å². The number of hydrogen-bond donors (Lipinski definition) is 1. The molecule has 0 saturated heterocycles. The van der Waals surface area contributed by atoms with Crippen molar-refractivity contribution < 1.29 is 13.0 Å². The summed E-state index contributed by atoms with van der Waals surface area (Å²) in [5.74, 6) is 0. The molecule has 0 radical (unpaired) electrons. The Morgan fingerprint density at radius 2 is 1.65 bits per heavy atom. The average Bonchev–Trinajstić information content (AvgIpc) is 3.23. The van der Waals surface area contributed by atoms with E-state index in [-0.39, 0.29) is 10.6 Å². The second kappa shape index (κ2) is 10.9. The minimum Gasteiger partial charge on any atom is -0.293 e. The molecule has 0 aliphatic rings. The third-order valence-electron chi connectivity index (χ3n) is 6.81. The fourth-order valence-electron chi connectivity index (χ4n) is 4.67. The zero-order valence-electron chi connectivity index (χ0n) is 22.3. The van der Waals surface area contributed by atoms with Crippen LogP contribution in [0.3, 0.4) is 0 Å². The smallest absolute Gasteiger partial charge is 0.293 e. The summed E-state index contributed by atoms with van der Waals surface area (Å²) in [6.45, 7) is 3.95. The molecule has 8 nitrogen and oxygen atoms in total. The molecule has 6 aromatic rings. The van der Waals surface area contributed by atoms with Crippen molar-refractivity contribution >= 4 is 32.1 Å². The maximum absolute atomic E-state index is 13.2. The van der Waals surface area contributed by atoms with Crippen molar-refractivity contribution in [3.63, 3.8) is 0 Å². The van der Waals surface area contributed by atoms with Gasteiger partial charge in [0.1, 0.15) is 0 Å². The topological polar surface area (TPSA) is 107 Å². The summed E-state index contributed by atoms with van der Waals surface area (Å²) in [6, 6.07) is 24.2. The Morgan fingerprint density at radius 3 is 2.33 bits per heavy atom. The summed E-state index contributed by atoms with van der Waals surface area (Å²) in [7, 11) is -2.22. The molecule has 0 atom stereocenters. The van der Waals surface area contributed by atoms with E-state index in [0.717, 1.165) is 56.3 Å². The number of imidazole rings is 1. The normalized spacial score (nSPS) is 11.4. The number of rotatable bonds is 4. The van der Waals surface area contributed by atoms with Gasteiger partial charge in [0.2, 0.25) is 0 Å². The molecule has 40 heavy (non-hydrogen) atoms. The van der Waals surface area contributed by atoms with Crippen LogP contribution in [-0.2, 0) is 23.6 Å². The van der Waals surface area contributed by atoms with Crippen LogP contribution in [0.4, 0.5) is 0 Å². The first-order chi connectivity index (χ1) is 19.2. The largest absolute Gasteiger partial charge is 0.333 e. The fourth-order valence-corrected chi connectivity index (χ4v) is 5.15. The van der Waals surface area contributed by atoms with Crippen molar-refractivity contribution in [3.05, 3.63) is 119 Å². The SMILES string of the molecule is CCc1ccccc1-n1c(=O)n(C)c2cnc3ccc(-c4cccnc4)cc3c21.Cc1ccc(S(=O)(=O)O)cc1. The molecule has 3 aromatic carbocycles. The monoisotopic (exact) mass is 552 g/mol. The fraction of sp³-hybridized carbons (Fsp3) is 0.129. The van der Waals surface area contributed by atoms with Gasteiger partial charge in [-0.2, -0.15) is 8.42 Å². The second-order valence-corrected chi connectivity index (χ2v) is 10.8. The highest BCUT2D eigenvalue weighted by Crippen LogP contribution is 2.30. The molecule has 3 aromatic heterocycles. The Kier molecular flexibility index (Phi) is 7.34. The maximum atomic E-state index is 13.2. The molecule has 0 aliphatic heterocycles. The van der Waals surface area contributed by atoms with Gasteiger partial charge in [0, 0.05) is 30.4 Å². The maximum Gasteiger partial charge on any atom is 0.333 e. The molecule has 6 rings (SSSR count). The number of fused-ring (bicyclic) bond motifs is 3. The summed E-state index contributed by atoms with van der Waals surface area (Å²) in [5, 5.41) is 0.951. The van der Waals surface area contributed by atoms with Crippen molar-refractivity contribution in [1.29, 1.82) is 0 Å². The van der Waals surface area contributed by atoms with E-state index in [1.165, 1.54) is 12.1 Å². The first-order valence-corrected chi connectivity index (χ1v) is 14.2. The zero-order valence-corrected chi connectivity index (χ0v) is 23.1. The van der Waals surface area contributed by atoms with Gasteiger partial charge in [-0.05, 0) is 60.9 Å². The highest BCUT2D eigenvalue weighted by atomic mass is 32.2. The molecule has 0 unspecified atom stereocenters. The number of para-hydroxylation sites is 1. The molecule has 0 aliphatic carbocycles. The van der Waals surface area contributed by atoms with Gasteiger partial charge < -0.3 is 0 Å². The molecular weight excluding hydrogens is 524 g/mol. The third-order valence-corrected chi connectivity index (χ3v) is 7.68. The van der Waals surface area contributed by atoms with Gasteiger partial charge in [0.15, 0.2) is 0 Å². The van der Waals surface area contributed by atoms with Gasteiger partial charge in [0.05, 0.1) is 33.3 Å². The average molecular weight is 553 g/mol. The Morgan fingerprint density at radius 1 is 0.900 bits per heavy atom. The Hall–Kier alpha value is -4.60. The summed E-state index contributed by atoms with van der Waals surface area (Å²) in [5.41, 5.74) is 7.58. The lowest BCUT2D eigenvalue weighted by Crippen LogP contribution is -2.21. The molecule has 9 heteroatoms. The molecule has 0 bridgehead atoms. The van der Waals surface area contributed by atoms with Crippen molar-refractivity contribution in [3.8, 4) is 16.8 Å². The standard InChI is InChI=1S/C24H20N4O.C7H8O3S/c1-3-16-7-4-5-9-21(16)28-23-19-13-17(18-8-6-12-25-14-18)10-11-20(19)26-15-22(23)27(2)24(28)29;1-6-2-4-7(5-3-6)11(8,9)10/h4-15H,3H2,1-2H3;2-5H,1H3,(H,8,9,10). The zero-order chi connectivity index (χ0) is 28.4. The minimum atomic E-state index is -4.02. The van der Waals surface area contributed by atoms with Gasteiger partial charge in [0.25, 0.3) is 10.1 Å². The van der Waals surface area contributed by atoms with Crippen LogP contribution in [0, 0.1) is 6.92 Å². The predicted octanol–water partition coefficient (Wildman–Crippen LogP) is 5.74.